The van der Waals surface area contributed by atoms with Crippen LogP contribution in [0.4, 0.5) is 5.69 Å². The molecule has 172 valence electrons. The van der Waals surface area contributed by atoms with Gasteiger partial charge in [0.05, 0.1) is 19.3 Å². The Morgan fingerprint density at radius 2 is 1.58 bits per heavy atom. The topological polar surface area (TPSA) is 111 Å². The Morgan fingerprint density at radius 3 is 2.21 bits per heavy atom. The predicted octanol–water partition coefficient (Wildman–Crippen LogP) is 3.60. The SMILES string of the molecule is CCOC(=O)c1ccc(NC(=O)c2ccc(OC)c(S(=O)(=O)NCc3ccccc3)c2)cc1. The van der Waals surface area contributed by atoms with Crippen LogP contribution in [0, 0.1) is 0 Å². The number of carbonyl (C=O) groups excluding carboxylic acids is 2. The molecular formula is C24H24N2O6S. The Kier molecular flexibility index (Phi) is 7.81. The molecule has 3 rings (SSSR count). The van der Waals surface area contributed by atoms with E-state index in [4.69, 9.17) is 9.47 Å². The van der Waals surface area contributed by atoms with Gasteiger partial charge < -0.3 is 14.8 Å². The van der Waals surface area contributed by atoms with E-state index in [1.807, 2.05) is 18.2 Å². The van der Waals surface area contributed by atoms with Gasteiger partial charge in [0.2, 0.25) is 10.0 Å². The van der Waals surface area contributed by atoms with Crippen molar-refractivity contribution in [3.8, 4) is 5.75 Å². The molecule has 0 aliphatic rings. The predicted molar refractivity (Wildman–Crippen MR) is 124 cm³/mol. The van der Waals surface area contributed by atoms with E-state index in [1.54, 1.807) is 31.2 Å². The molecule has 0 saturated carbocycles. The first kappa shape index (κ1) is 24.0. The average molecular weight is 469 g/mol. The van der Waals surface area contributed by atoms with Crippen molar-refractivity contribution in [1.29, 1.82) is 0 Å². The minimum absolute atomic E-state index is 0.0928. The molecule has 0 heterocycles. The Labute approximate surface area is 192 Å². The smallest absolute Gasteiger partial charge is 0.338 e. The second-order valence-corrected chi connectivity index (χ2v) is 8.66. The van der Waals surface area contributed by atoms with Crippen LogP contribution in [0.25, 0.3) is 0 Å². The van der Waals surface area contributed by atoms with Crippen molar-refractivity contribution in [2.45, 2.75) is 18.4 Å². The van der Waals surface area contributed by atoms with Gasteiger partial charge in [0.25, 0.3) is 5.91 Å². The second-order valence-electron chi connectivity index (χ2n) is 6.93. The maximum atomic E-state index is 12.9. The molecule has 2 N–H and O–H groups in total. The Bertz CT molecular complexity index is 1230. The van der Waals surface area contributed by atoms with Crippen molar-refractivity contribution in [3.05, 3.63) is 89.5 Å². The largest absolute Gasteiger partial charge is 0.495 e. The van der Waals surface area contributed by atoms with Crippen LogP contribution >= 0.6 is 0 Å². The highest BCUT2D eigenvalue weighted by Gasteiger charge is 2.22. The van der Waals surface area contributed by atoms with E-state index in [1.165, 1.54) is 37.4 Å². The third kappa shape index (κ3) is 6.18. The zero-order valence-corrected chi connectivity index (χ0v) is 19.0. The fourth-order valence-electron chi connectivity index (χ4n) is 2.99. The summed E-state index contributed by atoms with van der Waals surface area (Å²) in [5.74, 6) is -0.852. The molecule has 0 fully saturated rings. The monoisotopic (exact) mass is 468 g/mol. The Hall–Kier alpha value is -3.69. The molecule has 0 aliphatic heterocycles. The summed E-state index contributed by atoms with van der Waals surface area (Å²) < 4.78 is 38.5. The fourth-order valence-corrected chi connectivity index (χ4v) is 4.20. The van der Waals surface area contributed by atoms with Gasteiger partial charge >= 0.3 is 5.97 Å². The van der Waals surface area contributed by atoms with E-state index in [-0.39, 0.29) is 29.4 Å². The molecule has 0 spiro atoms. The van der Waals surface area contributed by atoms with Crippen LogP contribution in [0.2, 0.25) is 0 Å². The number of nitrogens with one attached hydrogen (secondary N) is 2. The lowest BCUT2D eigenvalue weighted by atomic mass is 10.1. The van der Waals surface area contributed by atoms with Crippen molar-refractivity contribution in [1.82, 2.24) is 4.72 Å². The minimum Gasteiger partial charge on any atom is -0.495 e. The minimum atomic E-state index is -3.96. The molecule has 8 nitrogen and oxygen atoms in total. The third-order valence-corrected chi connectivity index (χ3v) is 6.10. The Morgan fingerprint density at radius 1 is 0.909 bits per heavy atom. The number of methoxy groups -OCH3 is 1. The molecule has 9 heteroatoms. The summed E-state index contributed by atoms with van der Waals surface area (Å²) in [5.41, 5.74) is 1.72. The molecule has 0 bridgehead atoms. The highest BCUT2D eigenvalue weighted by molar-refractivity contribution is 7.89. The van der Waals surface area contributed by atoms with E-state index >= 15 is 0 Å². The van der Waals surface area contributed by atoms with Gasteiger partial charge in [0.15, 0.2) is 0 Å². The Balaban J connectivity index is 1.78. The number of benzene rings is 3. The van der Waals surface area contributed by atoms with Gasteiger partial charge in [-0.15, -0.1) is 0 Å². The summed E-state index contributed by atoms with van der Waals surface area (Å²) >= 11 is 0. The van der Waals surface area contributed by atoms with Crippen molar-refractivity contribution in [2.75, 3.05) is 19.0 Å². The molecule has 1 amide bonds. The molecule has 0 radical (unpaired) electrons. The van der Waals surface area contributed by atoms with Crippen LogP contribution in [0.15, 0.2) is 77.7 Å². The summed E-state index contributed by atoms with van der Waals surface area (Å²) in [6.45, 7) is 2.07. The number of rotatable bonds is 9. The van der Waals surface area contributed by atoms with Gasteiger partial charge in [-0.25, -0.2) is 17.9 Å². The molecular weight excluding hydrogens is 444 g/mol. The lowest BCUT2D eigenvalue weighted by Crippen LogP contribution is -2.24. The van der Waals surface area contributed by atoms with E-state index < -0.39 is 21.9 Å². The first-order chi connectivity index (χ1) is 15.8. The van der Waals surface area contributed by atoms with Crippen LogP contribution in [0.1, 0.15) is 33.2 Å². The standard InChI is InChI=1S/C24H24N2O6S/c1-3-32-24(28)18-9-12-20(13-10-18)26-23(27)19-11-14-21(31-2)22(15-19)33(29,30)25-16-17-7-5-4-6-8-17/h4-15,25H,3,16H2,1-2H3,(H,26,27). The number of hydrogen-bond acceptors (Lipinski definition) is 6. The van der Waals surface area contributed by atoms with Gasteiger partial charge in [0, 0.05) is 17.8 Å². The lowest BCUT2D eigenvalue weighted by Gasteiger charge is -2.13. The van der Waals surface area contributed by atoms with E-state index in [0.29, 0.717) is 11.3 Å². The normalized spacial score (nSPS) is 11.0. The lowest BCUT2D eigenvalue weighted by molar-refractivity contribution is 0.0526. The summed E-state index contributed by atoms with van der Waals surface area (Å²) in [6, 6.07) is 19.4. The van der Waals surface area contributed by atoms with Crippen LogP contribution in [-0.2, 0) is 21.3 Å². The van der Waals surface area contributed by atoms with E-state index in [0.717, 1.165) is 5.56 Å². The molecule has 0 unspecified atom stereocenters. The van der Waals surface area contributed by atoms with Gasteiger partial charge in [-0.1, -0.05) is 30.3 Å². The maximum Gasteiger partial charge on any atom is 0.338 e. The number of hydrogen-bond donors (Lipinski definition) is 2. The summed E-state index contributed by atoms with van der Waals surface area (Å²) in [7, 11) is -2.60. The molecule has 33 heavy (non-hydrogen) atoms. The number of sulfonamides is 1. The van der Waals surface area contributed by atoms with E-state index in [9.17, 15) is 18.0 Å². The second kappa shape index (κ2) is 10.8. The number of anilines is 1. The molecule has 3 aromatic carbocycles. The summed E-state index contributed by atoms with van der Waals surface area (Å²) in [5, 5.41) is 2.68. The average Bonchev–Trinajstić information content (AvgIpc) is 2.83. The maximum absolute atomic E-state index is 12.9. The first-order valence-electron chi connectivity index (χ1n) is 10.1. The highest BCUT2D eigenvalue weighted by atomic mass is 32.2. The van der Waals surface area contributed by atoms with Crippen LogP contribution in [0.3, 0.4) is 0 Å². The van der Waals surface area contributed by atoms with Crippen molar-refractivity contribution >= 4 is 27.6 Å². The number of amides is 1. The van der Waals surface area contributed by atoms with Crippen molar-refractivity contribution in [2.24, 2.45) is 0 Å². The summed E-state index contributed by atoms with van der Waals surface area (Å²) in [4.78, 5) is 24.3. The third-order valence-electron chi connectivity index (χ3n) is 4.68. The molecule has 0 saturated heterocycles. The number of carbonyl (C=O) groups is 2. The molecule has 0 aliphatic carbocycles. The molecule has 3 aromatic rings. The van der Waals surface area contributed by atoms with Gasteiger partial charge in [-0.05, 0) is 55.0 Å². The fraction of sp³-hybridized carbons (Fsp3) is 0.167. The van der Waals surface area contributed by atoms with Gasteiger partial charge in [-0.3, -0.25) is 4.79 Å². The van der Waals surface area contributed by atoms with Crippen LogP contribution < -0.4 is 14.8 Å². The quantitative estimate of drug-likeness (QED) is 0.464. The molecule has 0 aromatic heterocycles. The van der Waals surface area contributed by atoms with Crippen LogP contribution in [-0.4, -0.2) is 34.0 Å². The molecule has 0 atom stereocenters. The van der Waals surface area contributed by atoms with Crippen molar-refractivity contribution < 1.29 is 27.5 Å². The number of ether oxygens (including phenoxy) is 2. The van der Waals surface area contributed by atoms with E-state index in [2.05, 4.69) is 10.0 Å². The first-order valence-corrected chi connectivity index (χ1v) is 11.6. The van der Waals surface area contributed by atoms with Gasteiger partial charge in [0.1, 0.15) is 10.6 Å². The zero-order valence-electron chi connectivity index (χ0n) is 18.2. The summed E-state index contributed by atoms with van der Waals surface area (Å²) in [6.07, 6.45) is 0. The zero-order chi connectivity index (χ0) is 23.8. The van der Waals surface area contributed by atoms with Crippen LogP contribution in [0.5, 0.6) is 5.75 Å². The van der Waals surface area contributed by atoms with Crippen molar-refractivity contribution in [3.63, 3.8) is 0 Å². The van der Waals surface area contributed by atoms with Gasteiger partial charge in [-0.2, -0.15) is 0 Å². The highest BCUT2D eigenvalue weighted by Crippen LogP contribution is 2.25. The number of esters is 1.